The van der Waals surface area contributed by atoms with Gasteiger partial charge in [0, 0.05) is 18.7 Å². The first-order valence-corrected chi connectivity index (χ1v) is 10.4. The highest BCUT2D eigenvalue weighted by molar-refractivity contribution is 5.94. The van der Waals surface area contributed by atoms with E-state index >= 15 is 0 Å². The van der Waals surface area contributed by atoms with Crippen molar-refractivity contribution in [2.45, 2.75) is 6.42 Å². The summed E-state index contributed by atoms with van der Waals surface area (Å²) in [6.45, 7) is 5.04. The normalized spacial score (nSPS) is 17.7. The van der Waals surface area contributed by atoms with Crippen LogP contribution in [0.4, 0.5) is 0 Å². The monoisotopic (exact) mass is 390 g/mol. The molecule has 0 radical (unpaired) electrons. The summed E-state index contributed by atoms with van der Waals surface area (Å²) in [5.41, 5.74) is 3.32. The number of carbonyl (C=O) groups is 2. The molecule has 2 heterocycles. The highest BCUT2D eigenvalue weighted by Gasteiger charge is 2.28. The van der Waals surface area contributed by atoms with Crippen molar-refractivity contribution in [3.63, 3.8) is 0 Å². The summed E-state index contributed by atoms with van der Waals surface area (Å²) >= 11 is 0. The van der Waals surface area contributed by atoms with Crippen molar-refractivity contribution in [3.8, 4) is 0 Å². The number of carbonyl (C=O) groups excluding carboxylic acids is 2. The number of nitrogens with zero attached hydrogens (tertiary/aromatic N) is 2. The molecule has 4 rings (SSSR count). The molecule has 29 heavy (non-hydrogen) atoms. The van der Waals surface area contributed by atoms with E-state index in [0.29, 0.717) is 26.2 Å². The minimum atomic E-state index is 0.0885. The van der Waals surface area contributed by atoms with Crippen molar-refractivity contribution in [1.29, 1.82) is 0 Å². The highest BCUT2D eigenvalue weighted by Crippen LogP contribution is 2.21. The summed E-state index contributed by atoms with van der Waals surface area (Å²) in [5.74, 6) is 0.303. The highest BCUT2D eigenvalue weighted by atomic mass is 16.2. The minimum Gasteiger partial charge on any atom is -0.334 e. The van der Waals surface area contributed by atoms with Gasteiger partial charge in [0.05, 0.1) is 26.2 Å². The summed E-state index contributed by atoms with van der Waals surface area (Å²) in [6, 6.07) is 19.8. The fraction of sp³-hybridized carbons (Fsp3) is 0.333. The van der Waals surface area contributed by atoms with E-state index in [-0.39, 0.29) is 11.8 Å². The minimum absolute atomic E-state index is 0.0885. The predicted molar refractivity (Wildman–Crippen MR) is 114 cm³/mol. The average Bonchev–Trinajstić information content (AvgIpc) is 2.80. The third-order valence-electron chi connectivity index (χ3n) is 5.89. The topological polar surface area (TPSA) is 45.1 Å². The van der Waals surface area contributed by atoms with Crippen molar-refractivity contribution in [2.24, 2.45) is 0 Å². The van der Waals surface area contributed by atoms with Crippen LogP contribution in [0.3, 0.4) is 0 Å². The summed E-state index contributed by atoms with van der Waals surface area (Å²) < 4.78 is 0. The predicted octanol–water partition coefficient (Wildman–Crippen LogP) is 1.34. The lowest BCUT2D eigenvalue weighted by atomic mass is 9.99. The zero-order valence-corrected chi connectivity index (χ0v) is 16.7. The average molecular weight is 391 g/mol. The van der Waals surface area contributed by atoms with Gasteiger partial charge in [-0.2, -0.15) is 0 Å². The molecule has 2 aromatic rings. The number of piperazine rings is 1. The van der Waals surface area contributed by atoms with Gasteiger partial charge in [0.25, 0.3) is 11.8 Å². The lowest BCUT2D eigenvalue weighted by Crippen LogP contribution is -3.15. The fourth-order valence-electron chi connectivity index (χ4n) is 4.10. The SMILES string of the molecule is O=C(C[NH+]1CCN(C(=O)c2ccccc2)CC1)N1CC=C(c2ccccc2)CC1. The van der Waals surface area contributed by atoms with Crippen LogP contribution < -0.4 is 4.90 Å². The van der Waals surface area contributed by atoms with E-state index in [1.807, 2.05) is 46.2 Å². The van der Waals surface area contributed by atoms with Crippen LogP contribution in [0, 0.1) is 0 Å². The van der Waals surface area contributed by atoms with Gasteiger partial charge in [-0.3, -0.25) is 9.59 Å². The zero-order chi connectivity index (χ0) is 20.1. The molecule has 0 aromatic heterocycles. The maximum atomic E-state index is 12.7. The maximum Gasteiger partial charge on any atom is 0.278 e. The summed E-state index contributed by atoms with van der Waals surface area (Å²) in [5, 5.41) is 0. The second kappa shape index (κ2) is 9.05. The second-order valence-electron chi connectivity index (χ2n) is 7.77. The smallest absolute Gasteiger partial charge is 0.278 e. The third-order valence-corrected chi connectivity index (χ3v) is 5.89. The number of amides is 2. The second-order valence-corrected chi connectivity index (χ2v) is 7.77. The van der Waals surface area contributed by atoms with Gasteiger partial charge in [0.1, 0.15) is 0 Å². The molecule has 0 unspecified atom stereocenters. The molecule has 1 saturated heterocycles. The van der Waals surface area contributed by atoms with Gasteiger partial charge >= 0.3 is 0 Å². The number of benzene rings is 2. The largest absolute Gasteiger partial charge is 0.334 e. The quantitative estimate of drug-likeness (QED) is 0.857. The van der Waals surface area contributed by atoms with Gasteiger partial charge in [-0.05, 0) is 29.7 Å². The standard InChI is InChI=1S/C24H27N3O2/c28-23(26-13-11-21(12-14-26)20-7-3-1-4-8-20)19-25-15-17-27(18-16-25)24(29)22-9-5-2-6-10-22/h1-11H,12-19H2/p+1. The molecule has 5 heteroatoms. The molecule has 1 fully saturated rings. The molecule has 0 spiro atoms. The molecular weight excluding hydrogens is 362 g/mol. The van der Waals surface area contributed by atoms with Crippen LogP contribution in [0.1, 0.15) is 22.3 Å². The van der Waals surface area contributed by atoms with Crippen LogP contribution in [0.2, 0.25) is 0 Å². The van der Waals surface area contributed by atoms with Crippen LogP contribution in [-0.2, 0) is 4.79 Å². The van der Waals surface area contributed by atoms with Crippen molar-refractivity contribution in [3.05, 3.63) is 77.9 Å². The molecule has 2 aliphatic heterocycles. The lowest BCUT2D eigenvalue weighted by molar-refractivity contribution is -0.896. The van der Waals surface area contributed by atoms with E-state index in [0.717, 1.165) is 31.6 Å². The molecule has 0 atom stereocenters. The van der Waals surface area contributed by atoms with Crippen LogP contribution in [0.5, 0.6) is 0 Å². The molecule has 1 N–H and O–H groups in total. The van der Waals surface area contributed by atoms with Gasteiger partial charge in [0.2, 0.25) is 0 Å². The van der Waals surface area contributed by atoms with Crippen LogP contribution in [0.15, 0.2) is 66.7 Å². The van der Waals surface area contributed by atoms with Crippen molar-refractivity contribution < 1.29 is 14.5 Å². The summed E-state index contributed by atoms with van der Waals surface area (Å²) in [4.78, 5) is 30.4. The number of hydrogen-bond acceptors (Lipinski definition) is 2. The molecule has 2 aromatic carbocycles. The molecule has 0 bridgehead atoms. The third kappa shape index (κ3) is 4.74. The molecule has 0 aliphatic carbocycles. The molecule has 2 amide bonds. The van der Waals surface area contributed by atoms with E-state index in [2.05, 4.69) is 30.3 Å². The van der Waals surface area contributed by atoms with Crippen molar-refractivity contribution in [2.75, 3.05) is 45.8 Å². The summed E-state index contributed by atoms with van der Waals surface area (Å²) in [7, 11) is 0. The lowest BCUT2D eigenvalue weighted by Gasteiger charge is -2.33. The Morgan fingerprint density at radius 3 is 2.10 bits per heavy atom. The Hall–Kier alpha value is -2.92. The Balaban J connectivity index is 1.25. The van der Waals surface area contributed by atoms with Crippen LogP contribution >= 0.6 is 0 Å². The van der Waals surface area contributed by atoms with Crippen LogP contribution in [0.25, 0.3) is 5.57 Å². The molecule has 2 aliphatic rings. The molecule has 5 nitrogen and oxygen atoms in total. The van der Waals surface area contributed by atoms with Gasteiger partial charge in [-0.1, -0.05) is 54.6 Å². The molecule has 150 valence electrons. The molecule has 0 saturated carbocycles. The van der Waals surface area contributed by atoms with Gasteiger partial charge in [0.15, 0.2) is 6.54 Å². The number of hydrogen-bond donors (Lipinski definition) is 1. The number of quaternary nitrogens is 1. The first-order valence-electron chi connectivity index (χ1n) is 10.4. The first-order chi connectivity index (χ1) is 14.2. The van der Waals surface area contributed by atoms with E-state index in [4.69, 9.17) is 0 Å². The van der Waals surface area contributed by atoms with E-state index in [1.54, 1.807) is 0 Å². The Labute approximate surface area is 172 Å². The Bertz CT molecular complexity index is 872. The van der Waals surface area contributed by atoms with Crippen LogP contribution in [-0.4, -0.2) is 67.4 Å². The van der Waals surface area contributed by atoms with Crippen molar-refractivity contribution in [1.82, 2.24) is 9.80 Å². The fourth-order valence-corrected chi connectivity index (χ4v) is 4.10. The Morgan fingerprint density at radius 2 is 1.48 bits per heavy atom. The number of nitrogens with one attached hydrogen (secondary N) is 1. The summed E-state index contributed by atoms with van der Waals surface area (Å²) in [6.07, 6.45) is 3.09. The maximum absolute atomic E-state index is 12.7. The van der Waals surface area contributed by atoms with E-state index in [9.17, 15) is 9.59 Å². The van der Waals surface area contributed by atoms with E-state index in [1.165, 1.54) is 16.0 Å². The number of rotatable bonds is 4. The Morgan fingerprint density at radius 1 is 0.828 bits per heavy atom. The van der Waals surface area contributed by atoms with Gasteiger partial charge in [-0.25, -0.2) is 0 Å². The van der Waals surface area contributed by atoms with Crippen molar-refractivity contribution >= 4 is 17.4 Å². The molecular formula is C24H28N3O2+. The first kappa shape index (κ1) is 19.4. The van der Waals surface area contributed by atoms with Gasteiger partial charge in [-0.15, -0.1) is 0 Å². The zero-order valence-electron chi connectivity index (χ0n) is 16.7. The van der Waals surface area contributed by atoms with E-state index < -0.39 is 0 Å². The van der Waals surface area contributed by atoms with Gasteiger partial charge < -0.3 is 14.7 Å². The Kier molecular flexibility index (Phi) is 6.06.